The predicted octanol–water partition coefficient (Wildman–Crippen LogP) is 5.28. The predicted molar refractivity (Wildman–Crippen MR) is 71.4 cm³/mol. The maximum atomic E-state index is 6.01. The van der Waals surface area contributed by atoms with Crippen molar-refractivity contribution in [1.29, 1.82) is 0 Å². The Morgan fingerprint density at radius 3 is 2.25 bits per heavy atom. The van der Waals surface area contributed by atoms with E-state index < -0.39 is 0 Å². The van der Waals surface area contributed by atoms with Gasteiger partial charge < -0.3 is 0 Å². The molecule has 2 aromatic rings. The van der Waals surface area contributed by atoms with E-state index in [1.165, 1.54) is 5.56 Å². The highest BCUT2D eigenvalue weighted by Crippen LogP contribution is 2.29. The van der Waals surface area contributed by atoms with Gasteiger partial charge in [0.1, 0.15) is 0 Å². The van der Waals surface area contributed by atoms with Crippen LogP contribution >= 0.6 is 23.2 Å². The van der Waals surface area contributed by atoms with Gasteiger partial charge in [-0.1, -0.05) is 35.3 Å². The van der Waals surface area contributed by atoms with Crippen molar-refractivity contribution in [2.75, 3.05) is 0 Å². The molecule has 0 aliphatic rings. The highest BCUT2D eigenvalue weighted by Gasteiger charge is 2.04. The molecule has 82 valence electrons. The standard InChI is InChI=1S/C14H12Cl2/c1-9-3-5-12(15)8-13(9)11-4-6-14(16)10(2)7-11/h3-8H,1-2H3. The average molecular weight is 251 g/mol. The van der Waals surface area contributed by atoms with E-state index in [1.54, 1.807) is 0 Å². The molecule has 2 aromatic carbocycles. The van der Waals surface area contributed by atoms with Gasteiger partial charge in [-0.15, -0.1) is 0 Å². The molecule has 0 amide bonds. The van der Waals surface area contributed by atoms with Gasteiger partial charge in [-0.3, -0.25) is 0 Å². The van der Waals surface area contributed by atoms with E-state index in [9.17, 15) is 0 Å². The van der Waals surface area contributed by atoms with Gasteiger partial charge in [0, 0.05) is 10.0 Å². The van der Waals surface area contributed by atoms with Crippen LogP contribution in [0.3, 0.4) is 0 Å². The Balaban J connectivity index is 2.58. The molecule has 0 atom stereocenters. The molecular weight excluding hydrogens is 239 g/mol. The Kier molecular flexibility index (Phi) is 3.22. The maximum Gasteiger partial charge on any atom is 0.0435 e. The maximum absolute atomic E-state index is 6.01. The average Bonchev–Trinajstić information content (AvgIpc) is 2.26. The summed E-state index contributed by atoms with van der Waals surface area (Å²) in [4.78, 5) is 0. The van der Waals surface area contributed by atoms with Crippen molar-refractivity contribution < 1.29 is 0 Å². The van der Waals surface area contributed by atoms with Crippen LogP contribution in [0, 0.1) is 13.8 Å². The fourth-order valence-electron chi connectivity index (χ4n) is 1.72. The zero-order chi connectivity index (χ0) is 11.7. The van der Waals surface area contributed by atoms with Crippen molar-refractivity contribution >= 4 is 23.2 Å². The van der Waals surface area contributed by atoms with Gasteiger partial charge in [-0.05, 0) is 60.4 Å². The van der Waals surface area contributed by atoms with Crippen LogP contribution in [0.5, 0.6) is 0 Å². The van der Waals surface area contributed by atoms with Crippen LogP contribution in [0.1, 0.15) is 11.1 Å². The molecule has 0 saturated carbocycles. The first kappa shape index (κ1) is 11.5. The minimum Gasteiger partial charge on any atom is -0.0843 e. The van der Waals surface area contributed by atoms with Crippen LogP contribution in [-0.4, -0.2) is 0 Å². The molecule has 2 rings (SSSR count). The quantitative estimate of drug-likeness (QED) is 0.647. The molecule has 0 aliphatic carbocycles. The van der Waals surface area contributed by atoms with Crippen LogP contribution in [0.2, 0.25) is 10.0 Å². The van der Waals surface area contributed by atoms with E-state index in [-0.39, 0.29) is 0 Å². The van der Waals surface area contributed by atoms with Crippen LogP contribution in [-0.2, 0) is 0 Å². The number of benzene rings is 2. The summed E-state index contributed by atoms with van der Waals surface area (Å²) in [6.45, 7) is 4.08. The van der Waals surface area contributed by atoms with Crippen molar-refractivity contribution in [2.45, 2.75) is 13.8 Å². The van der Waals surface area contributed by atoms with Gasteiger partial charge >= 0.3 is 0 Å². The third kappa shape index (κ3) is 2.23. The second-order valence-electron chi connectivity index (χ2n) is 3.92. The summed E-state index contributed by atoms with van der Waals surface area (Å²) in [5, 5.41) is 1.55. The molecule has 0 aromatic heterocycles. The summed E-state index contributed by atoms with van der Waals surface area (Å²) in [5.74, 6) is 0. The summed E-state index contributed by atoms with van der Waals surface area (Å²) in [5.41, 5.74) is 4.61. The number of hydrogen-bond donors (Lipinski definition) is 0. The molecule has 0 nitrogen and oxygen atoms in total. The molecule has 0 N–H and O–H groups in total. The van der Waals surface area contributed by atoms with Gasteiger partial charge in [0.15, 0.2) is 0 Å². The molecule has 0 aliphatic heterocycles. The van der Waals surface area contributed by atoms with Crippen LogP contribution in [0.25, 0.3) is 11.1 Å². The minimum atomic E-state index is 0.758. The lowest BCUT2D eigenvalue weighted by molar-refractivity contribution is 1.42. The Morgan fingerprint density at radius 1 is 0.812 bits per heavy atom. The van der Waals surface area contributed by atoms with Crippen molar-refractivity contribution in [3.8, 4) is 11.1 Å². The van der Waals surface area contributed by atoms with E-state index in [4.69, 9.17) is 23.2 Å². The van der Waals surface area contributed by atoms with Gasteiger partial charge in [-0.2, -0.15) is 0 Å². The van der Waals surface area contributed by atoms with Crippen molar-refractivity contribution in [3.05, 3.63) is 57.6 Å². The topological polar surface area (TPSA) is 0 Å². The van der Waals surface area contributed by atoms with Gasteiger partial charge in [0.05, 0.1) is 0 Å². The van der Waals surface area contributed by atoms with Crippen LogP contribution < -0.4 is 0 Å². The third-order valence-corrected chi connectivity index (χ3v) is 3.33. The molecule has 0 spiro atoms. The smallest absolute Gasteiger partial charge is 0.0435 e. The highest BCUT2D eigenvalue weighted by molar-refractivity contribution is 6.31. The second kappa shape index (κ2) is 4.48. The van der Waals surface area contributed by atoms with Crippen LogP contribution in [0.15, 0.2) is 36.4 Å². The number of rotatable bonds is 1. The summed E-state index contributed by atoms with van der Waals surface area (Å²) < 4.78 is 0. The third-order valence-electron chi connectivity index (χ3n) is 2.67. The second-order valence-corrected chi connectivity index (χ2v) is 4.77. The summed E-state index contributed by atoms with van der Waals surface area (Å²) >= 11 is 12.0. The monoisotopic (exact) mass is 250 g/mol. The van der Waals surface area contributed by atoms with Crippen LogP contribution in [0.4, 0.5) is 0 Å². The zero-order valence-corrected chi connectivity index (χ0v) is 10.7. The first-order chi connectivity index (χ1) is 7.58. The Labute approximate surface area is 106 Å². The summed E-state index contributed by atoms with van der Waals surface area (Å²) in [7, 11) is 0. The Bertz CT molecular complexity index is 530. The molecular formula is C14H12Cl2. The molecule has 0 radical (unpaired) electrons. The molecule has 0 fully saturated rings. The molecule has 0 unspecified atom stereocenters. The summed E-state index contributed by atoms with van der Waals surface area (Å²) in [6, 6.07) is 12.0. The number of halogens is 2. The normalized spacial score (nSPS) is 10.5. The van der Waals surface area contributed by atoms with E-state index in [0.717, 1.165) is 26.7 Å². The van der Waals surface area contributed by atoms with Gasteiger partial charge in [-0.25, -0.2) is 0 Å². The van der Waals surface area contributed by atoms with E-state index in [2.05, 4.69) is 13.0 Å². The fourth-order valence-corrected chi connectivity index (χ4v) is 2.01. The Morgan fingerprint density at radius 2 is 1.56 bits per heavy atom. The number of aryl methyl sites for hydroxylation is 2. The van der Waals surface area contributed by atoms with Crippen molar-refractivity contribution in [3.63, 3.8) is 0 Å². The van der Waals surface area contributed by atoms with Crippen molar-refractivity contribution in [2.24, 2.45) is 0 Å². The van der Waals surface area contributed by atoms with E-state index in [1.807, 2.05) is 37.3 Å². The minimum absolute atomic E-state index is 0.758. The van der Waals surface area contributed by atoms with E-state index in [0.29, 0.717) is 0 Å². The lowest BCUT2D eigenvalue weighted by Crippen LogP contribution is -1.85. The zero-order valence-electron chi connectivity index (χ0n) is 9.22. The van der Waals surface area contributed by atoms with Gasteiger partial charge in [0.25, 0.3) is 0 Å². The first-order valence-electron chi connectivity index (χ1n) is 5.10. The highest BCUT2D eigenvalue weighted by atomic mass is 35.5. The largest absolute Gasteiger partial charge is 0.0843 e. The molecule has 16 heavy (non-hydrogen) atoms. The van der Waals surface area contributed by atoms with Crippen molar-refractivity contribution in [1.82, 2.24) is 0 Å². The van der Waals surface area contributed by atoms with E-state index >= 15 is 0 Å². The lowest BCUT2D eigenvalue weighted by Gasteiger charge is -2.08. The first-order valence-corrected chi connectivity index (χ1v) is 5.86. The van der Waals surface area contributed by atoms with Gasteiger partial charge in [0.2, 0.25) is 0 Å². The summed E-state index contributed by atoms with van der Waals surface area (Å²) in [6.07, 6.45) is 0. The molecule has 0 heterocycles. The molecule has 0 bridgehead atoms. The molecule has 2 heteroatoms. The Hall–Kier alpha value is -0.980. The number of hydrogen-bond acceptors (Lipinski definition) is 0. The SMILES string of the molecule is Cc1cc(-c2cc(Cl)ccc2C)ccc1Cl. The fraction of sp³-hybridized carbons (Fsp3) is 0.143. The molecule has 0 saturated heterocycles. The lowest BCUT2D eigenvalue weighted by atomic mass is 9.99.